The first-order valence-corrected chi connectivity index (χ1v) is 8.72. The van der Waals surface area contributed by atoms with Crippen LogP contribution < -0.4 is 5.32 Å². The van der Waals surface area contributed by atoms with Crippen molar-refractivity contribution in [2.45, 2.75) is 38.3 Å². The molecule has 100 valence electrons. The van der Waals surface area contributed by atoms with E-state index in [0.29, 0.717) is 12.1 Å². The molecular formula is C16H18INS. The summed E-state index contributed by atoms with van der Waals surface area (Å²) in [6.07, 6.45) is 3.83. The average molecular weight is 383 g/mol. The topological polar surface area (TPSA) is 12.0 Å². The van der Waals surface area contributed by atoms with Gasteiger partial charge in [0.2, 0.25) is 0 Å². The van der Waals surface area contributed by atoms with Crippen LogP contribution in [0.4, 0.5) is 0 Å². The summed E-state index contributed by atoms with van der Waals surface area (Å²) >= 11 is 4.41. The summed E-state index contributed by atoms with van der Waals surface area (Å²) in [5.74, 6) is 0. The molecule has 1 aromatic heterocycles. The minimum absolute atomic E-state index is 0.412. The minimum atomic E-state index is 0.412. The third-order valence-corrected chi connectivity index (χ3v) is 5.81. The van der Waals surface area contributed by atoms with Crippen LogP contribution in [0.3, 0.4) is 0 Å². The molecule has 2 atom stereocenters. The van der Waals surface area contributed by atoms with E-state index in [4.69, 9.17) is 0 Å². The second kappa shape index (κ2) is 5.94. The van der Waals surface area contributed by atoms with Crippen molar-refractivity contribution in [2.75, 3.05) is 0 Å². The second-order valence-corrected chi connectivity index (χ2v) is 8.20. The van der Waals surface area contributed by atoms with E-state index in [1.54, 1.807) is 10.4 Å². The summed E-state index contributed by atoms with van der Waals surface area (Å²) in [5, 5.41) is 3.81. The quantitative estimate of drug-likeness (QED) is 0.729. The van der Waals surface area contributed by atoms with Crippen LogP contribution in [0.25, 0.3) is 0 Å². The summed E-state index contributed by atoms with van der Waals surface area (Å²) in [5.41, 5.74) is 2.92. The highest BCUT2D eigenvalue weighted by Gasteiger charge is 2.23. The van der Waals surface area contributed by atoms with Crippen LogP contribution >= 0.6 is 33.9 Å². The van der Waals surface area contributed by atoms with Crippen LogP contribution in [0.15, 0.2) is 36.4 Å². The molecular weight excluding hydrogens is 365 g/mol. The lowest BCUT2D eigenvalue weighted by molar-refractivity contribution is 0.418. The number of thiophene rings is 1. The van der Waals surface area contributed by atoms with Gasteiger partial charge >= 0.3 is 0 Å². The Morgan fingerprint density at radius 2 is 2.11 bits per heavy atom. The SMILES string of the molecule is CC(NC1CCCc2sc(I)cc21)c1ccccc1. The summed E-state index contributed by atoms with van der Waals surface area (Å²) in [6.45, 7) is 2.26. The Balaban J connectivity index is 1.77. The maximum absolute atomic E-state index is 3.81. The van der Waals surface area contributed by atoms with Gasteiger partial charge < -0.3 is 5.32 Å². The van der Waals surface area contributed by atoms with Gasteiger partial charge in [0.05, 0.1) is 2.88 Å². The van der Waals surface area contributed by atoms with Crippen molar-refractivity contribution >= 4 is 33.9 Å². The van der Waals surface area contributed by atoms with E-state index >= 15 is 0 Å². The molecule has 1 aromatic carbocycles. The van der Waals surface area contributed by atoms with Crippen LogP contribution in [0.2, 0.25) is 0 Å². The predicted molar refractivity (Wildman–Crippen MR) is 90.7 cm³/mol. The van der Waals surface area contributed by atoms with Crippen LogP contribution in [-0.4, -0.2) is 0 Å². The Bertz CT molecular complexity index is 549. The highest BCUT2D eigenvalue weighted by Crippen LogP contribution is 2.37. The van der Waals surface area contributed by atoms with Crippen LogP contribution in [0.1, 0.15) is 47.9 Å². The van der Waals surface area contributed by atoms with Gasteiger partial charge in [-0.05, 0) is 66.0 Å². The van der Waals surface area contributed by atoms with Gasteiger partial charge in [0, 0.05) is 17.0 Å². The van der Waals surface area contributed by atoms with Crippen molar-refractivity contribution < 1.29 is 0 Å². The average Bonchev–Trinajstić information content (AvgIpc) is 2.81. The molecule has 0 saturated heterocycles. The summed E-state index contributed by atoms with van der Waals surface area (Å²) < 4.78 is 1.42. The third kappa shape index (κ3) is 3.03. The maximum Gasteiger partial charge on any atom is 0.0659 e. The van der Waals surface area contributed by atoms with Gasteiger partial charge in [-0.15, -0.1) is 11.3 Å². The van der Waals surface area contributed by atoms with Gasteiger partial charge in [0.25, 0.3) is 0 Å². The number of aryl methyl sites for hydroxylation is 1. The highest BCUT2D eigenvalue weighted by atomic mass is 127. The molecule has 1 aliphatic rings. The Morgan fingerprint density at radius 3 is 2.89 bits per heavy atom. The highest BCUT2D eigenvalue weighted by molar-refractivity contribution is 14.1. The molecule has 0 aliphatic heterocycles. The molecule has 0 spiro atoms. The molecule has 1 heterocycles. The number of rotatable bonds is 3. The summed E-state index contributed by atoms with van der Waals surface area (Å²) in [7, 11) is 0. The van der Waals surface area contributed by atoms with E-state index in [9.17, 15) is 0 Å². The van der Waals surface area contributed by atoms with Crippen molar-refractivity contribution in [1.82, 2.24) is 5.32 Å². The van der Waals surface area contributed by atoms with E-state index in [0.717, 1.165) is 0 Å². The molecule has 0 radical (unpaired) electrons. The third-order valence-electron chi connectivity index (χ3n) is 3.83. The lowest BCUT2D eigenvalue weighted by Crippen LogP contribution is -2.27. The molecule has 1 aliphatic carbocycles. The number of benzene rings is 1. The standard InChI is InChI=1S/C16H18INS/c1-11(12-6-3-2-4-7-12)18-14-8-5-9-15-13(14)10-16(17)19-15/h2-4,6-7,10-11,14,18H,5,8-9H2,1H3. The van der Waals surface area contributed by atoms with Crippen molar-refractivity contribution in [3.8, 4) is 0 Å². The lowest BCUT2D eigenvalue weighted by atomic mass is 9.93. The van der Waals surface area contributed by atoms with Gasteiger partial charge in [0.15, 0.2) is 0 Å². The first-order chi connectivity index (χ1) is 9.24. The first-order valence-electron chi connectivity index (χ1n) is 6.83. The van der Waals surface area contributed by atoms with Crippen LogP contribution in [0, 0.1) is 2.88 Å². The molecule has 1 nitrogen and oxygen atoms in total. The van der Waals surface area contributed by atoms with Gasteiger partial charge in [0.1, 0.15) is 0 Å². The zero-order valence-corrected chi connectivity index (χ0v) is 14.0. The Kier molecular flexibility index (Phi) is 4.24. The molecule has 2 aromatic rings. The predicted octanol–water partition coefficient (Wildman–Crippen LogP) is 5.08. The van der Waals surface area contributed by atoms with E-state index in [1.165, 1.54) is 27.7 Å². The zero-order valence-electron chi connectivity index (χ0n) is 11.0. The number of halogens is 1. The molecule has 19 heavy (non-hydrogen) atoms. The van der Waals surface area contributed by atoms with Crippen LogP contribution in [0.5, 0.6) is 0 Å². The van der Waals surface area contributed by atoms with E-state index in [1.807, 2.05) is 11.3 Å². The number of nitrogens with one attached hydrogen (secondary N) is 1. The minimum Gasteiger partial charge on any atom is -0.303 e. The van der Waals surface area contributed by atoms with E-state index < -0.39 is 0 Å². The molecule has 0 saturated carbocycles. The Morgan fingerprint density at radius 1 is 1.32 bits per heavy atom. The van der Waals surface area contributed by atoms with Gasteiger partial charge in [-0.1, -0.05) is 30.3 Å². The van der Waals surface area contributed by atoms with Crippen molar-refractivity contribution in [3.63, 3.8) is 0 Å². The smallest absolute Gasteiger partial charge is 0.0659 e. The first kappa shape index (κ1) is 13.6. The Hall–Kier alpha value is -0.390. The molecule has 0 bridgehead atoms. The van der Waals surface area contributed by atoms with Gasteiger partial charge in [-0.2, -0.15) is 0 Å². The fourth-order valence-corrected chi connectivity index (χ4v) is 4.95. The summed E-state index contributed by atoms with van der Waals surface area (Å²) in [6, 6.07) is 14.0. The fourth-order valence-electron chi connectivity index (χ4n) is 2.83. The summed E-state index contributed by atoms with van der Waals surface area (Å²) in [4.78, 5) is 1.59. The molecule has 1 N–H and O–H groups in total. The van der Waals surface area contributed by atoms with E-state index in [2.05, 4.69) is 71.2 Å². The Labute approximate surface area is 132 Å². The zero-order chi connectivity index (χ0) is 13.2. The fraction of sp³-hybridized carbons (Fsp3) is 0.375. The number of hydrogen-bond donors (Lipinski definition) is 1. The maximum atomic E-state index is 3.81. The van der Waals surface area contributed by atoms with Crippen LogP contribution in [-0.2, 0) is 6.42 Å². The molecule has 2 unspecified atom stereocenters. The molecule has 3 rings (SSSR count). The molecule has 0 fully saturated rings. The van der Waals surface area contributed by atoms with Crippen molar-refractivity contribution in [2.24, 2.45) is 0 Å². The monoisotopic (exact) mass is 383 g/mol. The normalized spacial score (nSPS) is 20.0. The van der Waals surface area contributed by atoms with Crippen molar-refractivity contribution in [3.05, 3.63) is 55.3 Å². The molecule has 0 amide bonds. The number of fused-ring (bicyclic) bond motifs is 1. The molecule has 3 heteroatoms. The lowest BCUT2D eigenvalue weighted by Gasteiger charge is -2.27. The van der Waals surface area contributed by atoms with E-state index in [-0.39, 0.29) is 0 Å². The number of hydrogen-bond acceptors (Lipinski definition) is 2. The van der Waals surface area contributed by atoms with Crippen molar-refractivity contribution in [1.29, 1.82) is 0 Å². The second-order valence-electron chi connectivity index (χ2n) is 5.17. The van der Waals surface area contributed by atoms with Gasteiger partial charge in [-0.3, -0.25) is 0 Å². The van der Waals surface area contributed by atoms with Gasteiger partial charge in [-0.25, -0.2) is 0 Å². The largest absolute Gasteiger partial charge is 0.303 e.